The summed E-state index contributed by atoms with van der Waals surface area (Å²) in [7, 11) is 0. The lowest BCUT2D eigenvalue weighted by Crippen LogP contribution is -2.01. The molecule has 0 aromatic heterocycles. The van der Waals surface area contributed by atoms with Gasteiger partial charge in [0.25, 0.3) is 0 Å². The topological polar surface area (TPSA) is 29.5 Å². The zero-order valence-corrected chi connectivity index (χ0v) is 13.8. The van der Waals surface area contributed by atoms with Gasteiger partial charge >= 0.3 is 0 Å². The van der Waals surface area contributed by atoms with Crippen LogP contribution in [-0.4, -0.2) is 5.11 Å². The molecule has 0 fully saturated rings. The van der Waals surface area contributed by atoms with Gasteiger partial charge in [0, 0.05) is 10.0 Å². The van der Waals surface area contributed by atoms with Gasteiger partial charge in [-0.1, -0.05) is 41.9 Å². The first kappa shape index (κ1) is 16.0. The average molecular weight is 353 g/mol. The third-order valence-corrected chi connectivity index (χ3v) is 3.75. The Morgan fingerprint density at radius 3 is 2.43 bits per heavy atom. The molecule has 1 atom stereocenters. The smallest absolute Gasteiger partial charge is 0.168 e. The van der Waals surface area contributed by atoms with Crippen LogP contribution in [0.25, 0.3) is 0 Å². The molecule has 0 heterocycles. The largest absolute Gasteiger partial charge is 0.454 e. The van der Waals surface area contributed by atoms with E-state index in [1.165, 1.54) is 6.07 Å². The normalized spacial score (nSPS) is 12.5. The third kappa shape index (κ3) is 3.63. The number of benzene rings is 2. The van der Waals surface area contributed by atoms with Crippen molar-refractivity contribution < 1.29 is 14.2 Å². The summed E-state index contributed by atoms with van der Waals surface area (Å²) in [5.41, 5.74) is 1.41. The van der Waals surface area contributed by atoms with E-state index in [2.05, 4.69) is 15.9 Å². The van der Waals surface area contributed by atoms with Crippen molar-refractivity contribution in [2.75, 3.05) is 0 Å². The number of aliphatic hydroxyl groups excluding tert-OH is 1. The van der Waals surface area contributed by atoms with E-state index in [9.17, 15) is 9.50 Å². The zero-order chi connectivity index (χ0) is 15.6. The Morgan fingerprint density at radius 2 is 1.81 bits per heavy atom. The van der Waals surface area contributed by atoms with E-state index in [4.69, 9.17) is 4.74 Å². The van der Waals surface area contributed by atoms with Gasteiger partial charge in [-0.05, 0) is 42.7 Å². The Labute approximate surface area is 132 Å². The molecule has 0 unspecified atom stereocenters. The molecule has 0 aliphatic rings. The van der Waals surface area contributed by atoms with E-state index in [0.717, 1.165) is 10.0 Å². The van der Waals surface area contributed by atoms with Crippen LogP contribution in [0.2, 0.25) is 0 Å². The van der Waals surface area contributed by atoms with Crippen molar-refractivity contribution in [2.24, 2.45) is 0 Å². The second-order valence-electron chi connectivity index (χ2n) is 5.27. The quantitative estimate of drug-likeness (QED) is 0.780. The minimum Gasteiger partial charge on any atom is -0.454 e. The molecule has 2 rings (SSSR count). The van der Waals surface area contributed by atoms with Gasteiger partial charge in [-0.15, -0.1) is 0 Å². The number of ether oxygens (including phenoxy) is 1. The number of hydrogen-bond donors (Lipinski definition) is 1. The molecule has 0 radical (unpaired) electrons. The van der Waals surface area contributed by atoms with Crippen LogP contribution < -0.4 is 4.74 Å². The van der Waals surface area contributed by atoms with Gasteiger partial charge in [0.05, 0.1) is 6.10 Å². The Kier molecular flexibility index (Phi) is 5.01. The van der Waals surface area contributed by atoms with Crippen molar-refractivity contribution in [1.82, 2.24) is 0 Å². The predicted octanol–water partition coefficient (Wildman–Crippen LogP) is 5.56. The molecule has 0 saturated heterocycles. The second-order valence-corrected chi connectivity index (χ2v) is 6.19. The standard InChI is InChI=1S/C17H18BrFO2/c1-10(2)14-9-12(18)7-8-16(14)21-17-13(11(3)20)5-4-6-15(17)19/h4-11,20H,1-3H3/t11-/m0/s1. The first-order chi connectivity index (χ1) is 9.90. The van der Waals surface area contributed by atoms with Crippen molar-refractivity contribution in [2.45, 2.75) is 32.8 Å². The summed E-state index contributed by atoms with van der Waals surface area (Å²) in [6, 6.07) is 10.2. The lowest BCUT2D eigenvalue weighted by molar-refractivity contribution is 0.194. The van der Waals surface area contributed by atoms with Crippen molar-refractivity contribution in [3.05, 3.63) is 57.8 Å². The van der Waals surface area contributed by atoms with Crippen LogP contribution in [0, 0.1) is 5.82 Å². The molecule has 4 heteroatoms. The van der Waals surface area contributed by atoms with E-state index in [-0.39, 0.29) is 11.7 Å². The minimum absolute atomic E-state index is 0.0803. The molecule has 0 saturated carbocycles. The first-order valence-electron chi connectivity index (χ1n) is 6.84. The zero-order valence-electron chi connectivity index (χ0n) is 12.2. The maximum Gasteiger partial charge on any atom is 0.168 e. The Morgan fingerprint density at radius 1 is 1.10 bits per heavy atom. The maximum absolute atomic E-state index is 14.1. The second kappa shape index (κ2) is 6.58. The molecule has 2 aromatic carbocycles. The van der Waals surface area contributed by atoms with Crippen LogP contribution >= 0.6 is 15.9 Å². The molecule has 0 aliphatic carbocycles. The molecule has 0 amide bonds. The summed E-state index contributed by atoms with van der Waals surface area (Å²) in [5.74, 6) is 0.433. The van der Waals surface area contributed by atoms with Crippen LogP contribution in [0.3, 0.4) is 0 Å². The highest BCUT2D eigenvalue weighted by Gasteiger charge is 2.17. The lowest BCUT2D eigenvalue weighted by atomic mass is 10.0. The SMILES string of the molecule is CC(C)c1cc(Br)ccc1Oc1c(F)cccc1[C@H](C)O. The van der Waals surface area contributed by atoms with Gasteiger partial charge in [0.2, 0.25) is 0 Å². The van der Waals surface area contributed by atoms with Crippen LogP contribution in [0.5, 0.6) is 11.5 Å². The molecule has 2 nitrogen and oxygen atoms in total. The van der Waals surface area contributed by atoms with Crippen molar-refractivity contribution in [3.8, 4) is 11.5 Å². The fourth-order valence-electron chi connectivity index (χ4n) is 2.14. The number of halogens is 2. The Balaban J connectivity index is 2.48. The van der Waals surface area contributed by atoms with E-state index >= 15 is 0 Å². The molecule has 112 valence electrons. The monoisotopic (exact) mass is 352 g/mol. The Hall–Kier alpha value is -1.39. The van der Waals surface area contributed by atoms with Gasteiger partial charge < -0.3 is 9.84 Å². The molecule has 1 N–H and O–H groups in total. The molecular weight excluding hydrogens is 335 g/mol. The summed E-state index contributed by atoms with van der Waals surface area (Å²) in [4.78, 5) is 0. The van der Waals surface area contributed by atoms with E-state index < -0.39 is 11.9 Å². The van der Waals surface area contributed by atoms with Crippen LogP contribution in [0.1, 0.15) is 43.9 Å². The molecule has 2 aromatic rings. The molecule has 21 heavy (non-hydrogen) atoms. The van der Waals surface area contributed by atoms with Crippen LogP contribution in [-0.2, 0) is 0 Å². The highest BCUT2D eigenvalue weighted by atomic mass is 79.9. The van der Waals surface area contributed by atoms with Crippen LogP contribution in [0.15, 0.2) is 40.9 Å². The van der Waals surface area contributed by atoms with Gasteiger partial charge in [-0.2, -0.15) is 0 Å². The van der Waals surface area contributed by atoms with E-state index in [0.29, 0.717) is 11.3 Å². The van der Waals surface area contributed by atoms with Crippen LogP contribution in [0.4, 0.5) is 4.39 Å². The number of hydrogen-bond acceptors (Lipinski definition) is 2. The number of rotatable bonds is 4. The van der Waals surface area contributed by atoms with Gasteiger partial charge in [-0.25, -0.2) is 4.39 Å². The maximum atomic E-state index is 14.1. The minimum atomic E-state index is -0.798. The van der Waals surface area contributed by atoms with Gasteiger partial charge in [-0.3, -0.25) is 0 Å². The number of para-hydroxylation sites is 1. The fourth-order valence-corrected chi connectivity index (χ4v) is 2.51. The lowest BCUT2D eigenvalue weighted by Gasteiger charge is -2.18. The summed E-state index contributed by atoms with van der Waals surface area (Å²) in [5, 5.41) is 9.78. The highest BCUT2D eigenvalue weighted by molar-refractivity contribution is 9.10. The van der Waals surface area contributed by atoms with E-state index in [1.807, 2.05) is 26.0 Å². The van der Waals surface area contributed by atoms with E-state index in [1.54, 1.807) is 25.1 Å². The Bertz CT molecular complexity index is 639. The van der Waals surface area contributed by atoms with Crippen molar-refractivity contribution in [1.29, 1.82) is 0 Å². The molecule has 0 spiro atoms. The van der Waals surface area contributed by atoms with Crippen molar-refractivity contribution >= 4 is 15.9 Å². The first-order valence-corrected chi connectivity index (χ1v) is 7.63. The molecule has 0 aliphatic heterocycles. The van der Waals surface area contributed by atoms with Gasteiger partial charge in [0.15, 0.2) is 11.6 Å². The summed E-state index contributed by atoms with van der Waals surface area (Å²) in [6.07, 6.45) is -0.798. The summed E-state index contributed by atoms with van der Waals surface area (Å²) >= 11 is 3.43. The molecule has 0 bridgehead atoms. The predicted molar refractivity (Wildman–Crippen MR) is 85.3 cm³/mol. The summed E-state index contributed by atoms with van der Waals surface area (Å²) in [6.45, 7) is 5.68. The average Bonchev–Trinajstić information content (AvgIpc) is 2.42. The van der Waals surface area contributed by atoms with Crippen molar-refractivity contribution in [3.63, 3.8) is 0 Å². The molecular formula is C17H18BrFO2. The fraction of sp³-hybridized carbons (Fsp3) is 0.294. The number of aliphatic hydroxyl groups is 1. The summed E-state index contributed by atoms with van der Waals surface area (Å²) < 4.78 is 20.8. The third-order valence-electron chi connectivity index (χ3n) is 3.25. The highest BCUT2D eigenvalue weighted by Crippen LogP contribution is 2.37. The van der Waals surface area contributed by atoms with Gasteiger partial charge in [0.1, 0.15) is 5.75 Å².